The van der Waals surface area contributed by atoms with E-state index < -0.39 is 0 Å². The SMILES string of the molecule is Nc1c2c(nc3ccccc13)CCc1cn(N=Cc3ccccc3)nc1-2. The van der Waals surface area contributed by atoms with E-state index in [1.165, 1.54) is 0 Å². The fourth-order valence-electron chi connectivity index (χ4n) is 3.50. The third kappa shape index (κ3) is 2.37. The van der Waals surface area contributed by atoms with Crippen LogP contribution in [0, 0.1) is 0 Å². The van der Waals surface area contributed by atoms with E-state index in [1.54, 1.807) is 11.0 Å². The number of nitrogen functional groups attached to an aromatic ring is 1. The van der Waals surface area contributed by atoms with Crippen molar-refractivity contribution >= 4 is 22.8 Å². The van der Waals surface area contributed by atoms with Crippen LogP contribution in [0.1, 0.15) is 16.8 Å². The van der Waals surface area contributed by atoms with Gasteiger partial charge in [0.25, 0.3) is 0 Å². The summed E-state index contributed by atoms with van der Waals surface area (Å²) < 4.78 is 0. The molecule has 0 amide bonds. The lowest BCUT2D eigenvalue weighted by Gasteiger charge is -2.17. The minimum Gasteiger partial charge on any atom is -0.398 e. The zero-order chi connectivity index (χ0) is 17.5. The second-order valence-corrected chi connectivity index (χ2v) is 6.44. The molecule has 0 radical (unpaired) electrons. The highest BCUT2D eigenvalue weighted by Gasteiger charge is 2.24. The van der Waals surface area contributed by atoms with Gasteiger partial charge in [0.1, 0.15) is 5.69 Å². The number of nitrogens with zero attached hydrogens (tertiary/aromatic N) is 4. The van der Waals surface area contributed by atoms with Crippen LogP contribution >= 0.6 is 0 Å². The van der Waals surface area contributed by atoms with Gasteiger partial charge in [-0.25, -0.2) is 0 Å². The van der Waals surface area contributed by atoms with Gasteiger partial charge in [-0.2, -0.15) is 15.0 Å². The van der Waals surface area contributed by atoms with E-state index in [0.717, 1.165) is 57.5 Å². The Hall–Kier alpha value is -3.47. The molecule has 5 nitrogen and oxygen atoms in total. The van der Waals surface area contributed by atoms with Gasteiger partial charge in [-0.3, -0.25) is 4.98 Å². The van der Waals surface area contributed by atoms with Crippen molar-refractivity contribution in [3.63, 3.8) is 0 Å². The number of aryl methyl sites for hydroxylation is 2. The first-order chi connectivity index (χ1) is 12.8. The molecular formula is C21H17N5. The summed E-state index contributed by atoms with van der Waals surface area (Å²) in [6.45, 7) is 0. The normalized spacial score (nSPS) is 13.1. The molecule has 0 saturated heterocycles. The van der Waals surface area contributed by atoms with Crippen molar-refractivity contribution in [2.24, 2.45) is 5.10 Å². The van der Waals surface area contributed by atoms with Crippen LogP contribution in [0.3, 0.4) is 0 Å². The molecule has 0 fully saturated rings. The summed E-state index contributed by atoms with van der Waals surface area (Å²) in [6, 6.07) is 18.0. The lowest BCUT2D eigenvalue weighted by molar-refractivity contribution is 0.747. The molecule has 0 atom stereocenters. The molecule has 5 heteroatoms. The van der Waals surface area contributed by atoms with Gasteiger partial charge < -0.3 is 5.73 Å². The maximum Gasteiger partial charge on any atom is 0.102 e. The summed E-state index contributed by atoms with van der Waals surface area (Å²) in [5, 5.41) is 10.1. The molecule has 2 heterocycles. The molecule has 2 N–H and O–H groups in total. The number of hydrogen-bond donors (Lipinski definition) is 1. The van der Waals surface area contributed by atoms with Gasteiger partial charge in [0.15, 0.2) is 0 Å². The third-order valence-electron chi connectivity index (χ3n) is 4.78. The minimum absolute atomic E-state index is 0.754. The predicted octanol–water partition coefficient (Wildman–Crippen LogP) is 3.66. The van der Waals surface area contributed by atoms with Gasteiger partial charge in [-0.05, 0) is 24.5 Å². The summed E-state index contributed by atoms with van der Waals surface area (Å²) in [4.78, 5) is 6.44. The fourth-order valence-corrected chi connectivity index (χ4v) is 3.50. The summed E-state index contributed by atoms with van der Waals surface area (Å²) in [5.74, 6) is 0. The molecule has 2 aromatic carbocycles. The third-order valence-corrected chi connectivity index (χ3v) is 4.78. The van der Waals surface area contributed by atoms with Crippen molar-refractivity contribution < 1.29 is 0 Å². The highest BCUT2D eigenvalue weighted by atomic mass is 15.5. The van der Waals surface area contributed by atoms with Crippen LogP contribution in [0.2, 0.25) is 0 Å². The average Bonchev–Trinajstić information content (AvgIpc) is 3.10. The van der Waals surface area contributed by atoms with Crippen LogP contribution in [0.15, 0.2) is 65.9 Å². The quantitative estimate of drug-likeness (QED) is 0.567. The molecule has 4 aromatic rings. The van der Waals surface area contributed by atoms with E-state index in [9.17, 15) is 0 Å². The molecule has 2 aromatic heterocycles. The average molecular weight is 339 g/mol. The highest BCUT2D eigenvalue weighted by Crippen LogP contribution is 2.38. The monoisotopic (exact) mass is 339 g/mol. The Bertz CT molecular complexity index is 1140. The Labute approximate surface area is 150 Å². The second kappa shape index (κ2) is 5.81. The highest BCUT2D eigenvalue weighted by molar-refractivity contribution is 5.99. The lowest BCUT2D eigenvalue weighted by atomic mass is 9.91. The van der Waals surface area contributed by atoms with Crippen LogP contribution in [-0.2, 0) is 12.8 Å². The maximum absolute atomic E-state index is 6.50. The number of pyridine rings is 1. The summed E-state index contributed by atoms with van der Waals surface area (Å²) in [5.41, 5.74) is 13.3. The molecule has 0 aliphatic heterocycles. The largest absolute Gasteiger partial charge is 0.398 e. The standard InChI is InChI=1S/C21H17N5/c22-20-16-8-4-5-9-17(16)24-18-11-10-15-13-26(25-21(15)19(18)20)23-12-14-6-2-1-3-7-14/h1-9,12-13H,10-11H2,(H2,22,24). The fraction of sp³-hybridized carbons (Fsp3) is 0.0952. The van der Waals surface area contributed by atoms with Crippen molar-refractivity contribution in [1.29, 1.82) is 0 Å². The van der Waals surface area contributed by atoms with Gasteiger partial charge in [0, 0.05) is 16.5 Å². The maximum atomic E-state index is 6.50. The molecule has 5 rings (SSSR count). The van der Waals surface area contributed by atoms with Crippen molar-refractivity contribution in [2.45, 2.75) is 12.8 Å². The van der Waals surface area contributed by atoms with E-state index in [-0.39, 0.29) is 0 Å². The molecule has 0 bridgehead atoms. The second-order valence-electron chi connectivity index (χ2n) is 6.44. The molecule has 1 aliphatic rings. The van der Waals surface area contributed by atoms with Crippen molar-refractivity contribution in [3.8, 4) is 11.3 Å². The van der Waals surface area contributed by atoms with Crippen molar-refractivity contribution in [2.75, 3.05) is 5.73 Å². The topological polar surface area (TPSA) is 69.1 Å². The predicted molar refractivity (Wildman–Crippen MR) is 104 cm³/mol. The van der Waals surface area contributed by atoms with Crippen LogP contribution < -0.4 is 5.73 Å². The summed E-state index contributed by atoms with van der Waals surface area (Å²) in [6.07, 6.45) is 5.55. The number of fused-ring (bicyclic) bond motifs is 4. The van der Waals surface area contributed by atoms with Gasteiger partial charge in [0.2, 0.25) is 0 Å². The van der Waals surface area contributed by atoms with Gasteiger partial charge in [-0.15, -0.1) is 0 Å². The van der Waals surface area contributed by atoms with Crippen molar-refractivity contribution in [1.82, 2.24) is 14.9 Å². The minimum atomic E-state index is 0.754. The Morgan fingerprint density at radius 2 is 1.81 bits per heavy atom. The van der Waals surface area contributed by atoms with Crippen LogP contribution in [0.25, 0.3) is 22.2 Å². The number of aromatic nitrogens is 3. The van der Waals surface area contributed by atoms with Crippen LogP contribution in [-0.4, -0.2) is 21.1 Å². The zero-order valence-corrected chi connectivity index (χ0v) is 14.1. The van der Waals surface area contributed by atoms with Gasteiger partial charge >= 0.3 is 0 Å². The zero-order valence-electron chi connectivity index (χ0n) is 14.1. The molecule has 0 spiro atoms. The number of anilines is 1. The molecule has 0 unspecified atom stereocenters. The van der Waals surface area contributed by atoms with Crippen molar-refractivity contribution in [3.05, 3.63) is 77.6 Å². The Morgan fingerprint density at radius 1 is 1.00 bits per heavy atom. The Morgan fingerprint density at radius 3 is 2.69 bits per heavy atom. The first kappa shape index (κ1) is 14.8. The first-order valence-corrected chi connectivity index (χ1v) is 8.65. The van der Waals surface area contributed by atoms with E-state index in [0.29, 0.717) is 0 Å². The number of benzene rings is 2. The summed E-state index contributed by atoms with van der Waals surface area (Å²) in [7, 11) is 0. The summed E-state index contributed by atoms with van der Waals surface area (Å²) >= 11 is 0. The van der Waals surface area contributed by atoms with Gasteiger partial charge in [0.05, 0.1) is 29.3 Å². The van der Waals surface area contributed by atoms with E-state index >= 15 is 0 Å². The van der Waals surface area contributed by atoms with E-state index in [4.69, 9.17) is 10.7 Å². The van der Waals surface area contributed by atoms with E-state index in [1.807, 2.05) is 60.8 Å². The molecule has 1 aliphatic carbocycles. The number of rotatable bonds is 2. The Kier molecular flexibility index (Phi) is 3.31. The lowest BCUT2D eigenvalue weighted by Crippen LogP contribution is -2.08. The molecule has 26 heavy (non-hydrogen) atoms. The molecular weight excluding hydrogens is 322 g/mol. The molecule has 126 valence electrons. The van der Waals surface area contributed by atoms with Gasteiger partial charge in [-0.1, -0.05) is 48.5 Å². The number of nitrogens with two attached hydrogens (primary N) is 1. The number of hydrogen-bond acceptors (Lipinski definition) is 4. The number of para-hydroxylation sites is 1. The Balaban J connectivity index is 1.61. The van der Waals surface area contributed by atoms with Crippen LogP contribution in [0.5, 0.6) is 0 Å². The molecule has 0 saturated carbocycles. The smallest absolute Gasteiger partial charge is 0.102 e. The van der Waals surface area contributed by atoms with E-state index in [2.05, 4.69) is 10.2 Å². The van der Waals surface area contributed by atoms with Crippen LogP contribution in [0.4, 0.5) is 5.69 Å². The first-order valence-electron chi connectivity index (χ1n) is 8.65.